The molecule has 2 N–H and O–H groups in total. The maximum Gasteiger partial charge on any atom is 0.191 e. The first-order valence-electron chi connectivity index (χ1n) is 10.4. The number of nitrogens with zero attached hydrogens (tertiary/aromatic N) is 6. The highest BCUT2D eigenvalue weighted by atomic mass is 127. The van der Waals surface area contributed by atoms with Gasteiger partial charge < -0.3 is 20.4 Å². The molecule has 2 aromatic heterocycles. The molecule has 0 bridgehead atoms. The van der Waals surface area contributed by atoms with Crippen LogP contribution in [0.2, 0.25) is 0 Å². The van der Waals surface area contributed by atoms with Crippen molar-refractivity contribution in [2.24, 2.45) is 4.99 Å². The van der Waals surface area contributed by atoms with Crippen molar-refractivity contribution in [2.45, 2.75) is 33.4 Å². The van der Waals surface area contributed by atoms with Crippen molar-refractivity contribution in [3.05, 3.63) is 41.3 Å². The van der Waals surface area contributed by atoms with E-state index in [1.165, 1.54) is 11.3 Å². The fraction of sp³-hybridized carbons (Fsp3) is 0.571. The molecule has 166 valence electrons. The molecule has 0 radical (unpaired) electrons. The predicted octanol–water partition coefficient (Wildman–Crippen LogP) is 2.02. The Labute approximate surface area is 197 Å². The molecule has 30 heavy (non-hydrogen) atoms. The van der Waals surface area contributed by atoms with Crippen molar-refractivity contribution in [3.63, 3.8) is 0 Å². The lowest BCUT2D eigenvalue weighted by Crippen LogP contribution is -2.44. The van der Waals surface area contributed by atoms with Crippen LogP contribution < -0.4 is 15.5 Å². The number of aryl methyl sites for hydroxylation is 3. The average Bonchev–Trinajstić information content (AvgIpc) is 3.05. The minimum absolute atomic E-state index is 0. The Morgan fingerprint density at radius 2 is 1.90 bits per heavy atom. The Hall–Kier alpha value is -1.88. The third-order valence-electron chi connectivity index (χ3n) is 5.26. The number of halogens is 1. The van der Waals surface area contributed by atoms with E-state index in [-0.39, 0.29) is 24.0 Å². The third kappa shape index (κ3) is 7.12. The number of piperazine rings is 1. The number of nitrogens with one attached hydrogen (secondary N) is 2. The molecule has 0 atom stereocenters. The standard InChI is InChI=1S/C21H34N8.HI/c1-17-14-18(2)29(26-17)9-5-7-24-21(22-3)25-16-19-6-8-23-20(15-19)28-12-10-27(4)11-13-28;/h6,8,14-15H,5,7,9-13,16H2,1-4H3,(H2,22,24,25);1H. The van der Waals surface area contributed by atoms with Crippen LogP contribution >= 0.6 is 24.0 Å². The summed E-state index contributed by atoms with van der Waals surface area (Å²) in [6.45, 7) is 10.8. The molecule has 1 aliphatic rings. The van der Waals surface area contributed by atoms with Crippen molar-refractivity contribution < 1.29 is 0 Å². The summed E-state index contributed by atoms with van der Waals surface area (Å²) in [5, 5.41) is 11.3. The maximum absolute atomic E-state index is 4.56. The van der Waals surface area contributed by atoms with Crippen LogP contribution in [0.3, 0.4) is 0 Å². The monoisotopic (exact) mass is 526 g/mol. The van der Waals surface area contributed by atoms with Crippen molar-refractivity contribution in [2.75, 3.05) is 51.7 Å². The van der Waals surface area contributed by atoms with E-state index in [1.54, 1.807) is 7.05 Å². The van der Waals surface area contributed by atoms with Crippen molar-refractivity contribution in [1.82, 2.24) is 30.3 Å². The van der Waals surface area contributed by atoms with Crippen LogP contribution in [0, 0.1) is 13.8 Å². The van der Waals surface area contributed by atoms with E-state index in [4.69, 9.17) is 0 Å². The highest BCUT2D eigenvalue weighted by Gasteiger charge is 2.15. The zero-order valence-electron chi connectivity index (χ0n) is 18.6. The molecule has 0 aromatic carbocycles. The zero-order valence-corrected chi connectivity index (χ0v) is 20.9. The highest BCUT2D eigenvalue weighted by molar-refractivity contribution is 14.0. The molecule has 0 unspecified atom stereocenters. The van der Waals surface area contributed by atoms with Gasteiger partial charge in [-0.25, -0.2) is 4.98 Å². The Morgan fingerprint density at radius 3 is 2.57 bits per heavy atom. The molecule has 1 fully saturated rings. The molecule has 3 heterocycles. The molecule has 0 amide bonds. The van der Waals surface area contributed by atoms with Crippen molar-refractivity contribution in [1.29, 1.82) is 0 Å². The average molecular weight is 526 g/mol. The van der Waals surface area contributed by atoms with Crippen LogP contribution in [0.1, 0.15) is 23.4 Å². The van der Waals surface area contributed by atoms with Crippen LogP contribution in [-0.2, 0) is 13.1 Å². The first-order chi connectivity index (χ1) is 14.0. The lowest BCUT2D eigenvalue weighted by atomic mass is 10.2. The van der Waals surface area contributed by atoms with Gasteiger partial charge in [0.25, 0.3) is 0 Å². The maximum atomic E-state index is 4.56. The minimum Gasteiger partial charge on any atom is -0.356 e. The number of hydrogen-bond donors (Lipinski definition) is 2. The van der Waals surface area contributed by atoms with E-state index < -0.39 is 0 Å². The molecule has 0 aliphatic carbocycles. The molecular formula is C21H35IN8. The molecule has 1 aliphatic heterocycles. The molecular weight excluding hydrogens is 491 g/mol. The van der Waals surface area contributed by atoms with Crippen LogP contribution in [0.15, 0.2) is 29.4 Å². The van der Waals surface area contributed by atoms with Gasteiger partial charge in [-0.2, -0.15) is 5.10 Å². The molecule has 1 saturated heterocycles. The van der Waals surface area contributed by atoms with Gasteiger partial charge in [0.2, 0.25) is 0 Å². The Morgan fingerprint density at radius 1 is 1.13 bits per heavy atom. The lowest BCUT2D eigenvalue weighted by Gasteiger charge is -2.33. The molecule has 3 rings (SSSR count). The second kappa shape index (κ2) is 12.1. The number of likely N-dealkylation sites (N-methyl/N-ethyl adjacent to an activating group) is 1. The summed E-state index contributed by atoms with van der Waals surface area (Å²) in [5.41, 5.74) is 3.49. The highest BCUT2D eigenvalue weighted by Crippen LogP contribution is 2.14. The van der Waals surface area contributed by atoms with Crippen molar-refractivity contribution >= 4 is 35.8 Å². The van der Waals surface area contributed by atoms with Gasteiger partial charge in [0.1, 0.15) is 5.82 Å². The number of aromatic nitrogens is 3. The quantitative estimate of drug-likeness (QED) is 0.249. The van der Waals surface area contributed by atoms with Crippen LogP contribution in [0.4, 0.5) is 5.82 Å². The van der Waals surface area contributed by atoms with Gasteiger partial charge in [-0.15, -0.1) is 24.0 Å². The van der Waals surface area contributed by atoms with E-state index in [0.29, 0.717) is 0 Å². The number of aliphatic imine (C=N–C) groups is 1. The molecule has 8 nitrogen and oxygen atoms in total. The van der Waals surface area contributed by atoms with Gasteiger partial charge >= 0.3 is 0 Å². The molecule has 9 heteroatoms. The Kier molecular flexibility index (Phi) is 9.83. The van der Waals surface area contributed by atoms with E-state index in [0.717, 1.165) is 69.7 Å². The van der Waals surface area contributed by atoms with Crippen LogP contribution in [0.5, 0.6) is 0 Å². The number of anilines is 1. The zero-order chi connectivity index (χ0) is 20.6. The van der Waals surface area contributed by atoms with E-state index in [9.17, 15) is 0 Å². The lowest BCUT2D eigenvalue weighted by molar-refractivity contribution is 0.312. The first-order valence-corrected chi connectivity index (χ1v) is 10.4. The fourth-order valence-corrected chi connectivity index (χ4v) is 3.52. The smallest absolute Gasteiger partial charge is 0.191 e. The van der Waals surface area contributed by atoms with Gasteiger partial charge in [0.05, 0.1) is 5.69 Å². The summed E-state index contributed by atoms with van der Waals surface area (Å²) in [4.78, 5) is 13.6. The summed E-state index contributed by atoms with van der Waals surface area (Å²) in [5.74, 6) is 1.88. The number of rotatable bonds is 7. The Bertz CT molecular complexity index is 811. The van der Waals surface area contributed by atoms with Crippen LogP contribution in [-0.4, -0.2) is 72.4 Å². The molecule has 0 spiro atoms. The Balaban J connectivity index is 0.00000320. The van der Waals surface area contributed by atoms with E-state index >= 15 is 0 Å². The summed E-state index contributed by atoms with van der Waals surface area (Å²) in [6, 6.07) is 6.34. The minimum atomic E-state index is 0. The molecule has 2 aromatic rings. The van der Waals surface area contributed by atoms with Gasteiger partial charge in [-0.3, -0.25) is 9.67 Å². The second-order valence-corrected chi connectivity index (χ2v) is 7.67. The fourth-order valence-electron chi connectivity index (χ4n) is 3.52. The number of guanidine groups is 1. The molecule has 0 saturated carbocycles. The summed E-state index contributed by atoms with van der Waals surface area (Å²) >= 11 is 0. The SMILES string of the molecule is CN=C(NCCCn1nc(C)cc1C)NCc1ccnc(N2CCN(C)CC2)c1.I. The number of hydrogen-bond acceptors (Lipinski definition) is 5. The normalized spacial score (nSPS) is 15.1. The van der Waals surface area contributed by atoms with Crippen molar-refractivity contribution in [3.8, 4) is 0 Å². The summed E-state index contributed by atoms with van der Waals surface area (Å²) in [7, 11) is 3.97. The summed E-state index contributed by atoms with van der Waals surface area (Å²) < 4.78 is 2.06. The van der Waals surface area contributed by atoms with Gasteiger partial charge in [-0.1, -0.05) is 0 Å². The number of pyridine rings is 1. The van der Waals surface area contributed by atoms with Gasteiger partial charge in [0.15, 0.2) is 5.96 Å². The van der Waals surface area contributed by atoms with Gasteiger partial charge in [-0.05, 0) is 51.1 Å². The topological polar surface area (TPSA) is 73.6 Å². The first kappa shape index (κ1) is 24.4. The largest absolute Gasteiger partial charge is 0.356 e. The van der Waals surface area contributed by atoms with E-state index in [1.807, 2.05) is 13.1 Å². The summed E-state index contributed by atoms with van der Waals surface area (Å²) in [6.07, 6.45) is 2.89. The van der Waals surface area contributed by atoms with Crippen LogP contribution in [0.25, 0.3) is 0 Å². The van der Waals surface area contributed by atoms with E-state index in [2.05, 4.69) is 72.4 Å². The predicted molar refractivity (Wildman–Crippen MR) is 134 cm³/mol. The second-order valence-electron chi connectivity index (χ2n) is 7.67. The van der Waals surface area contributed by atoms with Gasteiger partial charge in [0, 0.05) is 64.8 Å². The third-order valence-corrected chi connectivity index (χ3v) is 5.26.